The zero-order chi connectivity index (χ0) is 57.2. The highest BCUT2D eigenvalue weighted by molar-refractivity contribution is 7.88. The molecule has 19 heteroatoms. The average Bonchev–Trinajstić information content (AvgIpc) is 4.18. The number of hydrogen-bond acceptors (Lipinski definition) is 12. The van der Waals surface area contributed by atoms with E-state index in [0.717, 1.165) is 25.6 Å². The molecule has 3 amide bonds. The van der Waals surface area contributed by atoms with Gasteiger partial charge in [-0.2, -0.15) is 0 Å². The molecule has 4 saturated heterocycles. The summed E-state index contributed by atoms with van der Waals surface area (Å²) in [6.07, 6.45) is 3.23. The third-order valence-corrected chi connectivity index (χ3v) is 18.4. The minimum Gasteiger partial charge on any atom is -0.508 e. The Bertz CT molecular complexity index is 3200. The van der Waals surface area contributed by atoms with Crippen molar-refractivity contribution in [1.29, 1.82) is 0 Å². The van der Waals surface area contributed by atoms with E-state index in [1.807, 2.05) is 4.90 Å². The molecular formula is C61H70F2N6O10S. The first-order valence-corrected chi connectivity index (χ1v) is 29.3. The molecular weight excluding hydrogens is 1050 g/mol. The number of hydrogen-bond donors (Lipinski definition) is 4. The predicted octanol–water partition coefficient (Wildman–Crippen LogP) is 7.71. The zero-order valence-corrected chi connectivity index (χ0v) is 46.3. The zero-order valence-electron chi connectivity index (χ0n) is 45.5. The van der Waals surface area contributed by atoms with Crippen molar-refractivity contribution in [3.63, 3.8) is 0 Å². The van der Waals surface area contributed by atoms with Crippen molar-refractivity contribution < 1.29 is 56.5 Å². The van der Waals surface area contributed by atoms with Crippen LogP contribution >= 0.6 is 0 Å². The van der Waals surface area contributed by atoms with Crippen LogP contribution in [0.15, 0.2) is 109 Å². The summed E-state index contributed by atoms with van der Waals surface area (Å²) in [6, 6.07) is 25.9. The summed E-state index contributed by atoms with van der Waals surface area (Å²) >= 11 is 0. The van der Waals surface area contributed by atoms with E-state index in [4.69, 9.17) is 0 Å². The molecule has 4 N–H and O–H groups in total. The molecule has 4 aliphatic heterocycles. The van der Waals surface area contributed by atoms with Crippen LogP contribution < -0.4 is 5.32 Å². The number of aromatic hydroxyl groups is 3. The molecule has 0 bridgehead atoms. The number of rotatable bonds is 17. The molecule has 0 aromatic heterocycles. The fourth-order valence-corrected chi connectivity index (χ4v) is 13.2. The fraction of sp³-hybridized carbons (Fsp3) is 0.426. The van der Waals surface area contributed by atoms with E-state index in [1.54, 1.807) is 41.8 Å². The van der Waals surface area contributed by atoms with Gasteiger partial charge in [0.1, 0.15) is 35.0 Å². The highest BCUT2D eigenvalue weighted by Crippen LogP contribution is 2.46. The molecule has 80 heavy (non-hydrogen) atoms. The van der Waals surface area contributed by atoms with Crippen molar-refractivity contribution in [2.75, 3.05) is 72.2 Å². The number of urea groups is 1. The number of ketones is 3. The molecule has 0 saturated carbocycles. The summed E-state index contributed by atoms with van der Waals surface area (Å²) in [5.41, 5.74) is 1.67. The minimum absolute atomic E-state index is 0.0270. The van der Waals surface area contributed by atoms with Crippen LogP contribution in [0.5, 0.6) is 17.2 Å². The van der Waals surface area contributed by atoms with Crippen LogP contribution in [0.3, 0.4) is 0 Å². The standard InChI is InChI=1S/C61H70F2N6O10S/c1-37-46(19-8-21-52(37)62)55-49(58(74)40-13-6-17-44(71)31-40)35-67(36-50(55)59(75)41-14-7-18-45(72)32-41)61(77)69(27-24-42-15-10-25-64-42)54-23-11-26-68(54)60(76)51-34-66(29-28-65(3)80(4,78)79)33-48(57(73)39-12-5-16-43(70)30-39)56(51)47-20-9-22-53(63)38(47)2/h5-9,12-14,16-22,30-32,42,48-51,54-56,64,70-72H,10-11,15,23-29,33-36H2,1-4H3/t42?,48-,49-,50+,51+,54?,55-,56+/m0/s1. The number of phenols is 3. The number of phenolic OH excluding ortho intramolecular Hbond substituents is 3. The number of halogens is 2. The van der Waals surface area contributed by atoms with Gasteiger partial charge in [-0.1, -0.05) is 60.7 Å². The number of carbonyl (C=O) groups excluding carboxylic acids is 5. The number of carbonyl (C=O) groups is 5. The van der Waals surface area contributed by atoms with Crippen LogP contribution in [0.2, 0.25) is 0 Å². The van der Waals surface area contributed by atoms with Gasteiger partial charge in [0.15, 0.2) is 17.3 Å². The maximum atomic E-state index is 16.1. The molecule has 16 nitrogen and oxygen atoms in total. The van der Waals surface area contributed by atoms with Gasteiger partial charge in [0.2, 0.25) is 15.9 Å². The van der Waals surface area contributed by atoms with E-state index in [-0.39, 0.29) is 103 Å². The summed E-state index contributed by atoms with van der Waals surface area (Å²) < 4.78 is 58.0. The van der Waals surface area contributed by atoms with Crippen molar-refractivity contribution in [2.24, 2.45) is 23.7 Å². The number of nitrogens with zero attached hydrogens (tertiary/aromatic N) is 5. The van der Waals surface area contributed by atoms with Crippen LogP contribution in [0, 0.1) is 49.2 Å². The molecule has 4 heterocycles. The topological polar surface area (TPSA) is 208 Å². The van der Waals surface area contributed by atoms with E-state index in [0.29, 0.717) is 30.4 Å². The molecule has 2 unspecified atom stereocenters. The number of likely N-dealkylation sites (tertiary alicyclic amines) is 3. The van der Waals surface area contributed by atoms with Crippen LogP contribution in [0.4, 0.5) is 13.6 Å². The Morgan fingerprint density at radius 3 is 1.59 bits per heavy atom. The number of piperidine rings is 2. The first kappa shape index (κ1) is 57.6. The van der Waals surface area contributed by atoms with E-state index < -0.39 is 92.6 Å². The lowest BCUT2D eigenvalue weighted by Gasteiger charge is -2.48. The Labute approximate surface area is 466 Å². The Kier molecular flexibility index (Phi) is 17.5. The maximum Gasteiger partial charge on any atom is 0.321 e. The molecule has 8 atom stereocenters. The minimum atomic E-state index is -3.63. The number of Topliss-reactive ketones (excluding diaryl/α,β-unsaturated/α-hetero) is 3. The smallest absolute Gasteiger partial charge is 0.321 e. The lowest BCUT2D eigenvalue weighted by Crippen LogP contribution is -2.61. The maximum absolute atomic E-state index is 16.1. The third kappa shape index (κ3) is 12.3. The van der Waals surface area contributed by atoms with Gasteiger partial charge in [0, 0.05) is 112 Å². The molecule has 4 aliphatic rings. The Morgan fingerprint density at radius 2 is 1.11 bits per heavy atom. The van der Waals surface area contributed by atoms with Gasteiger partial charge < -0.3 is 40.2 Å². The van der Waals surface area contributed by atoms with Gasteiger partial charge in [-0.3, -0.25) is 19.2 Å². The summed E-state index contributed by atoms with van der Waals surface area (Å²) in [4.78, 5) is 84.1. The lowest BCUT2D eigenvalue weighted by atomic mass is 9.68. The fourth-order valence-electron chi connectivity index (χ4n) is 12.8. The summed E-state index contributed by atoms with van der Waals surface area (Å²) in [7, 11) is -2.19. The number of likely N-dealkylation sites (N-methyl/N-ethyl adjacent to an activating group) is 1. The van der Waals surface area contributed by atoms with Crippen LogP contribution in [0.25, 0.3) is 0 Å². The second-order valence-corrected chi connectivity index (χ2v) is 24.2. The monoisotopic (exact) mass is 1120 g/mol. The van der Waals surface area contributed by atoms with E-state index in [9.17, 15) is 23.7 Å². The molecule has 4 fully saturated rings. The molecule has 5 aromatic rings. The molecule has 0 aliphatic carbocycles. The predicted molar refractivity (Wildman–Crippen MR) is 297 cm³/mol. The average molecular weight is 1120 g/mol. The van der Waals surface area contributed by atoms with Gasteiger partial charge >= 0.3 is 6.03 Å². The first-order chi connectivity index (χ1) is 38.2. The normalized spacial score (nSPS) is 23.5. The molecule has 0 radical (unpaired) electrons. The summed E-state index contributed by atoms with van der Waals surface area (Å²) in [5, 5.41) is 35.3. The number of amides is 3. The van der Waals surface area contributed by atoms with Crippen molar-refractivity contribution in [1.82, 2.24) is 29.2 Å². The number of benzene rings is 5. The largest absolute Gasteiger partial charge is 0.508 e. The Morgan fingerprint density at radius 1 is 0.637 bits per heavy atom. The Balaban J connectivity index is 1.14. The van der Waals surface area contributed by atoms with Gasteiger partial charge in [-0.15, -0.1) is 0 Å². The lowest BCUT2D eigenvalue weighted by molar-refractivity contribution is -0.142. The summed E-state index contributed by atoms with van der Waals surface area (Å²) in [6.45, 7) is 4.06. The highest BCUT2D eigenvalue weighted by Gasteiger charge is 2.51. The number of nitrogens with one attached hydrogen (secondary N) is 1. The van der Waals surface area contributed by atoms with Gasteiger partial charge in [-0.25, -0.2) is 26.3 Å². The first-order valence-electron chi connectivity index (χ1n) is 27.4. The third-order valence-electron chi connectivity index (χ3n) is 17.1. The van der Waals surface area contributed by atoms with Gasteiger partial charge in [-0.05, 0) is 123 Å². The SMILES string of the molecule is Cc1c(F)cccc1[C@@H]1[C@@H](C(=O)c2cccc(O)c2)CN(CCN(C)S(C)(=O)=O)C[C@H]1C(=O)N1CCCC1N(CCC1CCCN1)C(=O)N1C[C@H](C(=O)c2cccc(O)c2)[C@H](c2cccc(F)c2C)[C@H](C(=O)c2cccc(O)c2)C1. The van der Waals surface area contributed by atoms with Crippen LogP contribution in [-0.2, 0) is 14.8 Å². The van der Waals surface area contributed by atoms with Crippen molar-refractivity contribution in [3.05, 3.63) is 160 Å². The highest BCUT2D eigenvalue weighted by atomic mass is 32.2. The van der Waals surface area contributed by atoms with E-state index >= 15 is 32.8 Å². The van der Waals surface area contributed by atoms with Crippen LogP contribution in [-0.4, -0.2) is 161 Å². The second-order valence-electron chi connectivity index (χ2n) is 22.1. The molecule has 0 spiro atoms. The molecule has 424 valence electrons. The van der Waals surface area contributed by atoms with Crippen LogP contribution in [0.1, 0.15) is 97.3 Å². The van der Waals surface area contributed by atoms with E-state index in [1.165, 1.54) is 107 Å². The van der Waals surface area contributed by atoms with Crippen molar-refractivity contribution >= 4 is 39.3 Å². The van der Waals surface area contributed by atoms with Gasteiger partial charge in [0.05, 0.1) is 12.2 Å². The quantitative estimate of drug-likeness (QED) is 0.0661. The van der Waals surface area contributed by atoms with Crippen molar-refractivity contribution in [2.45, 2.75) is 70.0 Å². The van der Waals surface area contributed by atoms with E-state index in [2.05, 4.69) is 5.32 Å². The van der Waals surface area contributed by atoms with Gasteiger partial charge in [0.25, 0.3) is 0 Å². The molecule has 9 rings (SSSR count). The Hall–Kier alpha value is -7.06. The summed E-state index contributed by atoms with van der Waals surface area (Å²) in [5.74, 6) is -9.76. The molecule has 5 aromatic carbocycles. The van der Waals surface area contributed by atoms with Crippen molar-refractivity contribution in [3.8, 4) is 17.2 Å². The second kappa shape index (κ2) is 24.3. The number of sulfonamides is 1.